The van der Waals surface area contributed by atoms with Crippen molar-refractivity contribution < 1.29 is 9.53 Å². The molecule has 2 aliphatic heterocycles. The van der Waals surface area contributed by atoms with Crippen molar-refractivity contribution in [2.75, 3.05) is 43.1 Å². The number of nitrogens with zero attached hydrogens (tertiary/aromatic N) is 1. The van der Waals surface area contributed by atoms with Gasteiger partial charge in [-0.25, -0.2) is 0 Å². The highest BCUT2D eigenvalue weighted by Crippen LogP contribution is 2.26. The number of hydrogen-bond acceptors (Lipinski definition) is 4. The van der Waals surface area contributed by atoms with Gasteiger partial charge in [0.15, 0.2) is 0 Å². The van der Waals surface area contributed by atoms with Crippen LogP contribution in [0.3, 0.4) is 0 Å². The molecule has 5 nitrogen and oxygen atoms in total. The van der Waals surface area contributed by atoms with E-state index in [1.54, 1.807) is 0 Å². The van der Waals surface area contributed by atoms with E-state index in [0.29, 0.717) is 0 Å². The van der Waals surface area contributed by atoms with E-state index in [9.17, 15) is 4.79 Å². The molecule has 2 fully saturated rings. The first-order chi connectivity index (χ1) is 9.84. The second kappa shape index (κ2) is 6.24. The Bertz CT molecular complexity index is 466. The summed E-state index contributed by atoms with van der Waals surface area (Å²) in [6.45, 7) is 4.16. The lowest BCUT2D eigenvalue weighted by Crippen LogP contribution is -2.38. The number of carbonyl (C=O) groups excluding carboxylic acids is 1. The van der Waals surface area contributed by atoms with Crippen molar-refractivity contribution in [2.45, 2.75) is 18.9 Å². The van der Waals surface area contributed by atoms with Crippen molar-refractivity contribution >= 4 is 17.3 Å². The van der Waals surface area contributed by atoms with Crippen LogP contribution in [0.25, 0.3) is 0 Å². The molecule has 0 aliphatic carbocycles. The Morgan fingerprint density at radius 3 is 2.85 bits per heavy atom. The van der Waals surface area contributed by atoms with Gasteiger partial charge in [0.25, 0.3) is 0 Å². The lowest BCUT2D eigenvalue weighted by atomic mass is 10.2. The summed E-state index contributed by atoms with van der Waals surface area (Å²) in [6.07, 6.45) is 1.99. The molecule has 1 amide bonds. The molecular weight excluding hydrogens is 254 g/mol. The third-order valence-electron chi connectivity index (χ3n) is 3.89. The van der Waals surface area contributed by atoms with Gasteiger partial charge in [-0.1, -0.05) is 12.1 Å². The molecule has 1 aromatic rings. The van der Waals surface area contributed by atoms with E-state index in [1.807, 2.05) is 18.2 Å². The van der Waals surface area contributed by atoms with E-state index >= 15 is 0 Å². The van der Waals surface area contributed by atoms with Crippen LogP contribution in [0.1, 0.15) is 12.8 Å². The highest BCUT2D eigenvalue weighted by atomic mass is 16.5. The van der Waals surface area contributed by atoms with Crippen LogP contribution in [-0.4, -0.2) is 44.8 Å². The van der Waals surface area contributed by atoms with Gasteiger partial charge in [0.05, 0.1) is 30.6 Å². The van der Waals surface area contributed by atoms with Gasteiger partial charge < -0.3 is 20.3 Å². The first-order valence-corrected chi connectivity index (χ1v) is 7.30. The standard InChI is InChI=1S/C15H21N3O2/c19-15(13-5-3-7-16-13)17-12-4-1-2-6-14(12)18-8-10-20-11-9-18/h1-2,4,6,13,16H,3,5,7-11H2,(H,17,19)/t13-/m0/s1. The Hall–Kier alpha value is -1.59. The summed E-state index contributed by atoms with van der Waals surface area (Å²) in [5.74, 6) is 0.0724. The summed E-state index contributed by atoms with van der Waals surface area (Å²) in [5.41, 5.74) is 1.98. The predicted molar refractivity (Wildman–Crippen MR) is 79.1 cm³/mol. The molecule has 0 aromatic heterocycles. The molecule has 2 heterocycles. The van der Waals surface area contributed by atoms with Gasteiger partial charge in [-0.05, 0) is 31.5 Å². The lowest BCUT2D eigenvalue weighted by Gasteiger charge is -2.30. The number of benzene rings is 1. The number of anilines is 2. The Kier molecular flexibility index (Phi) is 4.18. The molecule has 1 aromatic carbocycles. The molecule has 20 heavy (non-hydrogen) atoms. The van der Waals surface area contributed by atoms with Crippen LogP contribution < -0.4 is 15.5 Å². The number of nitrogens with one attached hydrogen (secondary N) is 2. The normalized spacial score (nSPS) is 22.8. The molecular formula is C15H21N3O2. The van der Waals surface area contributed by atoms with Crippen molar-refractivity contribution in [1.82, 2.24) is 5.32 Å². The molecule has 0 radical (unpaired) electrons. The van der Waals surface area contributed by atoms with Crippen LogP contribution in [0.15, 0.2) is 24.3 Å². The molecule has 3 rings (SSSR count). The van der Waals surface area contributed by atoms with Gasteiger partial charge in [-0.15, -0.1) is 0 Å². The Balaban J connectivity index is 1.73. The summed E-state index contributed by atoms with van der Waals surface area (Å²) in [6, 6.07) is 7.95. The molecule has 2 aliphatic rings. The zero-order valence-corrected chi connectivity index (χ0v) is 11.6. The van der Waals surface area contributed by atoms with Gasteiger partial charge in [-0.2, -0.15) is 0 Å². The summed E-state index contributed by atoms with van der Waals surface area (Å²) >= 11 is 0. The Labute approximate surface area is 119 Å². The monoisotopic (exact) mass is 275 g/mol. The highest BCUT2D eigenvalue weighted by Gasteiger charge is 2.23. The average Bonchev–Trinajstić information content (AvgIpc) is 3.03. The maximum absolute atomic E-state index is 12.2. The second-order valence-corrected chi connectivity index (χ2v) is 5.25. The van der Waals surface area contributed by atoms with Crippen molar-refractivity contribution in [3.05, 3.63) is 24.3 Å². The minimum Gasteiger partial charge on any atom is -0.378 e. The van der Waals surface area contributed by atoms with Crippen molar-refractivity contribution in [1.29, 1.82) is 0 Å². The Morgan fingerprint density at radius 2 is 2.10 bits per heavy atom. The SMILES string of the molecule is O=C(Nc1ccccc1N1CCOCC1)[C@@H]1CCCN1. The van der Waals surface area contributed by atoms with Gasteiger partial charge in [0.2, 0.25) is 5.91 Å². The van der Waals surface area contributed by atoms with Crippen molar-refractivity contribution in [2.24, 2.45) is 0 Å². The second-order valence-electron chi connectivity index (χ2n) is 5.25. The molecule has 1 atom stereocenters. The van der Waals surface area contributed by atoms with E-state index in [0.717, 1.165) is 57.1 Å². The van der Waals surface area contributed by atoms with E-state index in [4.69, 9.17) is 4.74 Å². The maximum atomic E-state index is 12.2. The first-order valence-electron chi connectivity index (χ1n) is 7.30. The molecule has 0 bridgehead atoms. The average molecular weight is 275 g/mol. The van der Waals surface area contributed by atoms with Crippen LogP contribution in [0, 0.1) is 0 Å². The van der Waals surface area contributed by atoms with E-state index < -0.39 is 0 Å². The fourth-order valence-corrected chi connectivity index (χ4v) is 2.79. The first kappa shape index (κ1) is 13.4. The summed E-state index contributed by atoms with van der Waals surface area (Å²) in [4.78, 5) is 14.5. The summed E-state index contributed by atoms with van der Waals surface area (Å²) < 4.78 is 5.38. The zero-order valence-electron chi connectivity index (χ0n) is 11.6. The number of morpholine rings is 1. The topological polar surface area (TPSA) is 53.6 Å². The van der Waals surface area contributed by atoms with Crippen molar-refractivity contribution in [3.63, 3.8) is 0 Å². The number of para-hydroxylation sites is 2. The molecule has 5 heteroatoms. The highest BCUT2D eigenvalue weighted by molar-refractivity contribution is 5.97. The summed E-state index contributed by atoms with van der Waals surface area (Å²) in [5, 5.41) is 6.30. The number of carbonyl (C=O) groups is 1. The molecule has 108 valence electrons. The molecule has 2 N–H and O–H groups in total. The minimum atomic E-state index is -0.0484. The number of rotatable bonds is 3. The number of ether oxygens (including phenoxy) is 1. The van der Waals surface area contributed by atoms with Gasteiger partial charge in [0.1, 0.15) is 0 Å². The van der Waals surface area contributed by atoms with Gasteiger partial charge in [0, 0.05) is 13.1 Å². The van der Waals surface area contributed by atoms with Crippen LogP contribution >= 0.6 is 0 Å². The molecule has 0 unspecified atom stereocenters. The Morgan fingerprint density at radius 1 is 1.30 bits per heavy atom. The number of hydrogen-bond donors (Lipinski definition) is 2. The third-order valence-corrected chi connectivity index (χ3v) is 3.89. The fourth-order valence-electron chi connectivity index (χ4n) is 2.79. The predicted octanol–water partition coefficient (Wildman–Crippen LogP) is 1.21. The smallest absolute Gasteiger partial charge is 0.241 e. The largest absolute Gasteiger partial charge is 0.378 e. The minimum absolute atomic E-state index is 0.0484. The molecule has 0 spiro atoms. The van der Waals surface area contributed by atoms with Crippen molar-refractivity contribution in [3.8, 4) is 0 Å². The maximum Gasteiger partial charge on any atom is 0.241 e. The van der Waals surface area contributed by atoms with Gasteiger partial charge >= 0.3 is 0 Å². The van der Waals surface area contributed by atoms with Gasteiger partial charge in [-0.3, -0.25) is 4.79 Å². The molecule has 0 saturated carbocycles. The molecule has 2 saturated heterocycles. The van der Waals surface area contributed by atoms with E-state index in [2.05, 4.69) is 21.6 Å². The van der Waals surface area contributed by atoms with Crippen LogP contribution in [0.5, 0.6) is 0 Å². The summed E-state index contributed by atoms with van der Waals surface area (Å²) in [7, 11) is 0. The van der Waals surface area contributed by atoms with Crippen LogP contribution in [0.4, 0.5) is 11.4 Å². The van der Waals surface area contributed by atoms with E-state index in [-0.39, 0.29) is 11.9 Å². The fraction of sp³-hybridized carbons (Fsp3) is 0.533. The number of amides is 1. The van der Waals surface area contributed by atoms with Crippen LogP contribution in [-0.2, 0) is 9.53 Å². The van der Waals surface area contributed by atoms with E-state index in [1.165, 1.54) is 0 Å². The quantitative estimate of drug-likeness (QED) is 0.871. The van der Waals surface area contributed by atoms with Crippen LogP contribution in [0.2, 0.25) is 0 Å². The third kappa shape index (κ3) is 2.94. The zero-order chi connectivity index (χ0) is 13.8. The lowest BCUT2D eigenvalue weighted by molar-refractivity contribution is -0.117.